The molecule has 0 amide bonds. The number of fused-ring (bicyclic) bond motifs is 2. The molecule has 0 aliphatic heterocycles. The van der Waals surface area contributed by atoms with Gasteiger partial charge in [0.15, 0.2) is 0 Å². The molecule has 1 aliphatic rings. The van der Waals surface area contributed by atoms with Gasteiger partial charge in [0.1, 0.15) is 11.3 Å². The number of nitrogens with zero attached hydrogens (tertiary/aromatic N) is 1. The molecule has 0 saturated heterocycles. The van der Waals surface area contributed by atoms with Gasteiger partial charge in [-0.15, -0.1) is 0 Å². The van der Waals surface area contributed by atoms with Gasteiger partial charge in [0.2, 0.25) is 0 Å². The van der Waals surface area contributed by atoms with Crippen LogP contribution in [0.15, 0.2) is 40.8 Å². The Morgan fingerprint density at radius 2 is 1.70 bits per heavy atom. The molecule has 2 aromatic carbocycles. The second kappa shape index (κ2) is 7.27. The van der Waals surface area contributed by atoms with Crippen molar-refractivity contribution >= 4 is 21.7 Å². The van der Waals surface area contributed by atoms with Gasteiger partial charge in [-0.05, 0) is 79.8 Å². The maximum atomic E-state index is 6.45. The van der Waals surface area contributed by atoms with Crippen molar-refractivity contribution < 1.29 is 4.42 Å². The molecule has 0 bridgehead atoms. The van der Waals surface area contributed by atoms with Crippen molar-refractivity contribution in [3.63, 3.8) is 0 Å². The lowest BCUT2D eigenvalue weighted by Gasteiger charge is -2.14. The fourth-order valence-corrected chi connectivity index (χ4v) is 5.34. The Bertz CT molecular complexity index is 1260. The molecule has 2 nitrogen and oxygen atoms in total. The van der Waals surface area contributed by atoms with Gasteiger partial charge in [-0.25, -0.2) is 0 Å². The molecular weight excluding hydrogens is 366 g/mol. The third kappa shape index (κ3) is 3.14. The van der Waals surface area contributed by atoms with Crippen LogP contribution in [0, 0.1) is 20.8 Å². The fraction of sp³-hybridized carbons (Fsp3) is 0.393. The normalized spacial score (nSPS) is 15.1. The van der Waals surface area contributed by atoms with Gasteiger partial charge in [0.25, 0.3) is 0 Å². The molecule has 0 N–H and O–H groups in total. The van der Waals surface area contributed by atoms with Crippen molar-refractivity contribution in [3.8, 4) is 11.3 Å². The van der Waals surface area contributed by atoms with E-state index in [0.29, 0.717) is 5.92 Å². The number of hydrogen-bond acceptors (Lipinski definition) is 2. The fourth-order valence-electron chi connectivity index (χ4n) is 5.34. The third-order valence-corrected chi connectivity index (χ3v) is 6.81. The van der Waals surface area contributed by atoms with Gasteiger partial charge < -0.3 is 4.42 Å². The highest BCUT2D eigenvalue weighted by molar-refractivity contribution is 6.03. The Kier molecular flexibility index (Phi) is 4.69. The van der Waals surface area contributed by atoms with E-state index in [0.717, 1.165) is 34.2 Å². The van der Waals surface area contributed by atoms with Crippen molar-refractivity contribution in [2.24, 2.45) is 0 Å². The summed E-state index contributed by atoms with van der Waals surface area (Å²) < 4.78 is 6.45. The van der Waals surface area contributed by atoms with Gasteiger partial charge in [0.05, 0.1) is 5.69 Å². The molecule has 30 heavy (non-hydrogen) atoms. The van der Waals surface area contributed by atoms with Gasteiger partial charge in [-0.1, -0.05) is 44.9 Å². The number of hydrogen-bond donors (Lipinski definition) is 0. The first-order valence-corrected chi connectivity index (χ1v) is 11.4. The number of rotatable bonds is 3. The maximum Gasteiger partial charge on any atom is 0.143 e. The summed E-state index contributed by atoms with van der Waals surface area (Å²) in [6.07, 6.45) is 5.37. The van der Waals surface area contributed by atoms with Crippen molar-refractivity contribution in [2.45, 2.75) is 72.1 Å². The van der Waals surface area contributed by atoms with E-state index in [1.165, 1.54) is 58.5 Å². The van der Waals surface area contributed by atoms with E-state index in [2.05, 4.69) is 71.0 Å². The first kappa shape index (κ1) is 19.4. The van der Waals surface area contributed by atoms with Crippen molar-refractivity contribution in [2.75, 3.05) is 0 Å². The lowest BCUT2D eigenvalue weighted by Crippen LogP contribution is -1.95. The minimum Gasteiger partial charge on any atom is -0.460 e. The Labute approximate surface area is 179 Å². The van der Waals surface area contributed by atoms with E-state index in [-0.39, 0.29) is 0 Å². The second-order valence-corrected chi connectivity index (χ2v) is 9.51. The summed E-state index contributed by atoms with van der Waals surface area (Å²) in [7, 11) is 0. The summed E-state index contributed by atoms with van der Waals surface area (Å²) in [6.45, 7) is 10.8. The molecule has 1 saturated carbocycles. The third-order valence-electron chi connectivity index (χ3n) is 6.81. The molecule has 1 aliphatic carbocycles. The second-order valence-electron chi connectivity index (χ2n) is 9.51. The number of pyridine rings is 1. The predicted octanol–water partition coefficient (Wildman–Crippen LogP) is 8.35. The van der Waals surface area contributed by atoms with Crippen LogP contribution >= 0.6 is 0 Å². The van der Waals surface area contributed by atoms with Crippen LogP contribution in [-0.4, -0.2) is 4.98 Å². The van der Waals surface area contributed by atoms with E-state index in [1.807, 2.05) is 0 Å². The summed E-state index contributed by atoms with van der Waals surface area (Å²) in [5.74, 6) is 2.16. The minimum atomic E-state index is 0.363. The summed E-state index contributed by atoms with van der Waals surface area (Å²) in [5.41, 5.74) is 8.18. The number of aryl methyl sites for hydroxylation is 3. The number of furan rings is 1. The lowest BCUT2D eigenvalue weighted by atomic mass is 9.93. The maximum absolute atomic E-state index is 6.45. The summed E-state index contributed by atoms with van der Waals surface area (Å²) in [4.78, 5) is 5.01. The van der Waals surface area contributed by atoms with Crippen molar-refractivity contribution in [1.82, 2.24) is 4.98 Å². The summed E-state index contributed by atoms with van der Waals surface area (Å²) >= 11 is 0. The van der Waals surface area contributed by atoms with Crippen LogP contribution in [0.4, 0.5) is 0 Å². The van der Waals surface area contributed by atoms with Crippen molar-refractivity contribution in [3.05, 3.63) is 64.5 Å². The Balaban J connectivity index is 1.76. The van der Waals surface area contributed by atoms with Crippen LogP contribution in [-0.2, 0) is 0 Å². The molecule has 0 unspecified atom stereocenters. The molecule has 0 atom stereocenters. The van der Waals surface area contributed by atoms with E-state index in [1.54, 1.807) is 0 Å². The van der Waals surface area contributed by atoms with Gasteiger partial charge >= 0.3 is 0 Å². The molecule has 4 aromatic rings. The average molecular weight is 398 g/mol. The highest BCUT2D eigenvalue weighted by atomic mass is 16.3. The summed E-state index contributed by atoms with van der Waals surface area (Å²) in [6, 6.07) is 13.7. The van der Waals surface area contributed by atoms with Crippen LogP contribution in [0.3, 0.4) is 0 Å². The quantitative estimate of drug-likeness (QED) is 0.347. The van der Waals surface area contributed by atoms with Gasteiger partial charge in [-0.3, -0.25) is 4.98 Å². The molecule has 5 rings (SSSR count). The topological polar surface area (TPSA) is 26.0 Å². The van der Waals surface area contributed by atoms with E-state index >= 15 is 0 Å². The first-order chi connectivity index (χ1) is 14.4. The van der Waals surface area contributed by atoms with Gasteiger partial charge in [-0.2, -0.15) is 0 Å². The molecule has 154 valence electrons. The Hall–Kier alpha value is -2.61. The van der Waals surface area contributed by atoms with Crippen LogP contribution < -0.4 is 0 Å². The minimum absolute atomic E-state index is 0.363. The van der Waals surface area contributed by atoms with E-state index < -0.39 is 0 Å². The van der Waals surface area contributed by atoms with Crippen LogP contribution in [0.2, 0.25) is 0 Å². The standard InChI is InChI=1S/C28H31NO/c1-16(2)27-19(5)24-12-17(3)13-25(28(24)30-27)26-23-11-10-21(20-8-6-7-9-20)15-22(23)14-18(4)29-26/h10-16,20H,6-9H2,1-5H3. The highest BCUT2D eigenvalue weighted by Gasteiger charge is 2.21. The molecule has 2 heteroatoms. The highest BCUT2D eigenvalue weighted by Crippen LogP contribution is 2.40. The molecular formula is C28H31NO. The predicted molar refractivity (Wildman–Crippen MR) is 126 cm³/mol. The van der Waals surface area contributed by atoms with Crippen LogP contribution in [0.5, 0.6) is 0 Å². The van der Waals surface area contributed by atoms with Gasteiger partial charge in [0, 0.05) is 27.9 Å². The van der Waals surface area contributed by atoms with Crippen molar-refractivity contribution in [1.29, 1.82) is 0 Å². The van der Waals surface area contributed by atoms with Crippen LogP contribution in [0.1, 0.15) is 79.5 Å². The molecule has 0 radical (unpaired) electrons. The average Bonchev–Trinajstić information content (AvgIpc) is 3.35. The van der Waals surface area contributed by atoms with E-state index in [9.17, 15) is 0 Å². The zero-order valence-electron chi connectivity index (χ0n) is 18.8. The van der Waals surface area contributed by atoms with Crippen LogP contribution in [0.25, 0.3) is 33.0 Å². The number of benzene rings is 2. The number of aromatic nitrogens is 1. The Morgan fingerprint density at radius 1 is 0.933 bits per heavy atom. The first-order valence-electron chi connectivity index (χ1n) is 11.4. The molecule has 0 spiro atoms. The zero-order chi connectivity index (χ0) is 21.0. The molecule has 1 fully saturated rings. The Morgan fingerprint density at radius 3 is 2.43 bits per heavy atom. The molecule has 2 aromatic heterocycles. The summed E-state index contributed by atoms with van der Waals surface area (Å²) in [5, 5.41) is 3.73. The zero-order valence-corrected chi connectivity index (χ0v) is 18.8. The van der Waals surface area contributed by atoms with E-state index in [4.69, 9.17) is 9.40 Å². The lowest BCUT2D eigenvalue weighted by molar-refractivity contribution is 0.518. The monoisotopic (exact) mass is 397 g/mol. The molecule has 2 heterocycles. The SMILES string of the molecule is Cc1cc(-c2nc(C)cc3cc(C4CCCC4)ccc23)c2oc(C(C)C)c(C)c2c1. The smallest absolute Gasteiger partial charge is 0.143 e. The largest absolute Gasteiger partial charge is 0.460 e.